The molecule has 8 heteroatoms. The molecule has 0 radical (unpaired) electrons. The molecule has 1 aliphatic heterocycles. The van der Waals surface area contributed by atoms with Crippen LogP contribution < -0.4 is 5.32 Å². The van der Waals surface area contributed by atoms with Crippen molar-refractivity contribution in [3.8, 4) is 0 Å². The lowest BCUT2D eigenvalue weighted by Gasteiger charge is -2.37. The van der Waals surface area contributed by atoms with E-state index < -0.39 is 0 Å². The first-order valence-corrected chi connectivity index (χ1v) is 13.7. The molecule has 0 bridgehead atoms. The third-order valence-electron chi connectivity index (χ3n) is 6.39. The SMILES string of the molecule is CCOC1=C(N2CCN(CCCNC(=O)c3cccnc3Sc3ccc(C)cc3)CC2)C=CC(F)=CC1. The monoisotopic (exact) mass is 522 g/mol. The summed E-state index contributed by atoms with van der Waals surface area (Å²) in [4.78, 5) is 23.1. The Morgan fingerprint density at radius 2 is 1.92 bits per heavy atom. The lowest BCUT2D eigenvalue weighted by molar-refractivity contribution is 0.0946. The minimum absolute atomic E-state index is 0.0936. The van der Waals surface area contributed by atoms with Gasteiger partial charge in [0.25, 0.3) is 5.91 Å². The third kappa shape index (κ3) is 7.69. The Morgan fingerprint density at radius 3 is 2.68 bits per heavy atom. The van der Waals surface area contributed by atoms with Gasteiger partial charge in [0.05, 0.1) is 17.9 Å². The van der Waals surface area contributed by atoms with Crippen LogP contribution in [-0.4, -0.2) is 66.6 Å². The Morgan fingerprint density at radius 1 is 1.14 bits per heavy atom. The van der Waals surface area contributed by atoms with Crippen molar-refractivity contribution in [1.82, 2.24) is 20.1 Å². The molecule has 4 rings (SSSR count). The molecule has 2 aromatic rings. The summed E-state index contributed by atoms with van der Waals surface area (Å²) in [5, 5.41) is 3.77. The number of ether oxygens (including phenoxy) is 1. The van der Waals surface area contributed by atoms with E-state index in [1.54, 1.807) is 18.3 Å². The van der Waals surface area contributed by atoms with E-state index in [9.17, 15) is 9.18 Å². The summed E-state index contributed by atoms with van der Waals surface area (Å²) in [5.74, 6) is 0.516. The highest BCUT2D eigenvalue weighted by atomic mass is 32.2. The van der Waals surface area contributed by atoms with Gasteiger partial charge in [-0.15, -0.1) is 0 Å². The van der Waals surface area contributed by atoms with Crippen molar-refractivity contribution < 1.29 is 13.9 Å². The fourth-order valence-electron chi connectivity index (χ4n) is 4.38. The van der Waals surface area contributed by atoms with Gasteiger partial charge in [0.15, 0.2) is 0 Å². The average molecular weight is 523 g/mol. The number of allylic oxidation sites excluding steroid dienone is 4. The Hall–Kier alpha value is -3.10. The summed E-state index contributed by atoms with van der Waals surface area (Å²) in [7, 11) is 0. The average Bonchev–Trinajstić information content (AvgIpc) is 3.10. The van der Waals surface area contributed by atoms with E-state index in [4.69, 9.17) is 4.74 Å². The first-order chi connectivity index (χ1) is 18.0. The van der Waals surface area contributed by atoms with Crippen LogP contribution in [0.2, 0.25) is 0 Å². The smallest absolute Gasteiger partial charge is 0.254 e. The van der Waals surface area contributed by atoms with Crippen LogP contribution in [0, 0.1) is 6.92 Å². The van der Waals surface area contributed by atoms with Crippen molar-refractivity contribution in [2.75, 3.05) is 45.9 Å². The normalized spacial score (nSPS) is 16.4. The van der Waals surface area contributed by atoms with Gasteiger partial charge in [0.2, 0.25) is 0 Å². The van der Waals surface area contributed by atoms with E-state index in [0.29, 0.717) is 30.2 Å². The molecule has 2 heterocycles. The molecule has 1 fully saturated rings. The van der Waals surface area contributed by atoms with Crippen LogP contribution in [0.5, 0.6) is 0 Å². The summed E-state index contributed by atoms with van der Waals surface area (Å²) < 4.78 is 19.6. The number of carbonyl (C=O) groups is 1. The Kier molecular flexibility index (Phi) is 9.79. The highest BCUT2D eigenvalue weighted by Gasteiger charge is 2.21. The molecule has 37 heavy (non-hydrogen) atoms. The summed E-state index contributed by atoms with van der Waals surface area (Å²) in [6.45, 7) is 9.65. The van der Waals surface area contributed by atoms with Crippen molar-refractivity contribution in [3.63, 3.8) is 0 Å². The van der Waals surface area contributed by atoms with Crippen LogP contribution >= 0.6 is 11.8 Å². The maximum atomic E-state index is 13.8. The van der Waals surface area contributed by atoms with Crippen molar-refractivity contribution in [3.05, 3.63) is 89.2 Å². The van der Waals surface area contributed by atoms with Gasteiger partial charge in [-0.05, 0) is 69.3 Å². The van der Waals surface area contributed by atoms with Crippen molar-refractivity contribution in [2.45, 2.75) is 36.6 Å². The minimum Gasteiger partial charge on any atom is -0.496 e. The van der Waals surface area contributed by atoms with Crippen LogP contribution in [-0.2, 0) is 4.74 Å². The third-order valence-corrected chi connectivity index (χ3v) is 7.41. The highest BCUT2D eigenvalue weighted by Crippen LogP contribution is 2.29. The molecule has 6 nitrogen and oxygen atoms in total. The van der Waals surface area contributed by atoms with Gasteiger partial charge in [-0.2, -0.15) is 0 Å². The zero-order valence-electron chi connectivity index (χ0n) is 21.6. The summed E-state index contributed by atoms with van der Waals surface area (Å²) in [6.07, 6.45) is 7.98. The topological polar surface area (TPSA) is 57.7 Å². The minimum atomic E-state index is -0.222. The van der Waals surface area contributed by atoms with Crippen LogP contribution in [0.15, 0.2) is 88.0 Å². The van der Waals surface area contributed by atoms with Crippen LogP contribution in [0.4, 0.5) is 4.39 Å². The zero-order valence-corrected chi connectivity index (χ0v) is 22.4. The molecule has 1 aliphatic carbocycles. The highest BCUT2D eigenvalue weighted by molar-refractivity contribution is 7.99. The number of amides is 1. The number of pyridine rings is 1. The molecule has 1 amide bonds. The maximum absolute atomic E-state index is 13.8. The molecule has 0 atom stereocenters. The van der Waals surface area contributed by atoms with Gasteiger partial charge < -0.3 is 15.0 Å². The number of aromatic nitrogens is 1. The summed E-state index contributed by atoms with van der Waals surface area (Å²) in [5.41, 5.74) is 2.78. The second-order valence-electron chi connectivity index (χ2n) is 9.08. The molecule has 2 aliphatic rings. The van der Waals surface area contributed by atoms with Gasteiger partial charge in [-0.25, -0.2) is 9.37 Å². The molecule has 0 saturated carbocycles. The van der Waals surface area contributed by atoms with Gasteiger partial charge in [-0.1, -0.05) is 29.5 Å². The quantitative estimate of drug-likeness (QED) is 0.425. The molecule has 1 N–H and O–H groups in total. The fraction of sp³-hybridized carbons (Fsp3) is 0.379. The van der Waals surface area contributed by atoms with Gasteiger partial charge in [-0.3, -0.25) is 9.69 Å². The van der Waals surface area contributed by atoms with Crippen LogP contribution in [0.1, 0.15) is 35.7 Å². The second kappa shape index (κ2) is 13.4. The van der Waals surface area contributed by atoms with E-state index in [-0.39, 0.29) is 11.7 Å². The molecule has 1 aromatic heterocycles. The summed E-state index contributed by atoms with van der Waals surface area (Å²) in [6, 6.07) is 11.8. The molecule has 1 saturated heterocycles. The standard InChI is InChI=1S/C29H35FN4O2S/c1-3-36-27-14-10-23(30)9-13-26(27)34-20-18-33(19-21-34)17-5-16-31-28(35)25-6-4-15-32-29(25)37-24-11-7-22(2)8-12-24/h4,6-13,15H,3,5,14,16-21H2,1-2H3,(H,31,35). The maximum Gasteiger partial charge on any atom is 0.254 e. The van der Waals surface area contributed by atoms with E-state index in [0.717, 1.165) is 55.5 Å². The second-order valence-corrected chi connectivity index (χ2v) is 10.1. The number of carbonyl (C=O) groups excluding carboxylic acids is 1. The number of benzene rings is 1. The molecule has 0 spiro atoms. The molecule has 1 aromatic carbocycles. The Labute approximate surface area is 223 Å². The van der Waals surface area contributed by atoms with Crippen LogP contribution in [0.3, 0.4) is 0 Å². The molecular weight excluding hydrogens is 487 g/mol. The number of aryl methyl sites for hydroxylation is 1. The molecule has 196 valence electrons. The van der Waals surface area contributed by atoms with Crippen molar-refractivity contribution in [1.29, 1.82) is 0 Å². The Bertz CT molecular complexity index is 1150. The van der Waals surface area contributed by atoms with E-state index in [2.05, 4.69) is 39.2 Å². The van der Waals surface area contributed by atoms with E-state index in [1.807, 2.05) is 31.2 Å². The number of halogens is 1. The van der Waals surface area contributed by atoms with Crippen molar-refractivity contribution in [2.24, 2.45) is 0 Å². The largest absolute Gasteiger partial charge is 0.496 e. The number of hydrogen-bond donors (Lipinski definition) is 1. The number of nitrogens with one attached hydrogen (secondary N) is 1. The predicted octanol–water partition coefficient (Wildman–Crippen LogP) is 5.34. The fourth-order valence-corrected chi connectivity index (χ4v) is 5.26. The van der Waals surface area contributed by atoms with Crippen molar-refractivity contribution >= 4 is 17.7 Å². The summed E-state index contributed by atoms with van der Waals surface area (Å²) >= 11 is 1.50. The van der Waals surface area contributed by atoms with E-state index in [1.165, 1.54) is 23.4 Å². The van der Waals surface area contributed by atoms with E-state index >= 15 is 0 Å². The van der Waals surface area contributed by atoms with Crippen LogP contribution in [0.25, 0.3) is 0 Å². The molecular formula is C29H35FN4O2S. The number of hydrogen-bond acceptors (Lipinski definition) is 6. The number of nitrogens with zero attached hydrogens (tertiary/aromatic N) is 3. The lowest BCUT2D eigenvalue weighted by atomic mass is 10.2. The predicted molar refractivity (Wildman–Crippen MR) is 146 cm³/mol. The first-order valence-electron chi connectivity index (χ1n) is 12.9. The molecule has 0 unspecified atom stereocenters. The number of rotatable bonds is 10. The lowest BCUT2D eigenvalue weighted by Crippen LogP contribution is -2.46. The zero-order chi connectivity index (χ0) is 26.0. The Balaban J connectivity index is 1.23. The van der Waals surface area contributed by atoms with Gasteiger partial charge in [0, 0.05) is 50.2 Å². The number of piperazine rings is 1. The first kappa shape index (κ1) is 26.9. The van der Waals surface area contributed by atoms with Gasteiger partial charge in [0.1, 0.15) is 16.6 Å². The van der Waals surface area contributed by atoms with Gasteiger partial charge >= 0.3 is 0 Å².